The largest absolute Gasteiger partial charge is 0.352 e. The first-order valence-corrected chi connectivity index (χ1v) is 9.65. The molecule has 0 aromatic carbocycles. The van der Waals surface area contributed by atoms with Crippen molar-refractivity contribution in [3.05, 3.63) is 23.3 Å². The zero-order valence-electron chi connectivity index (χ0n) is 14.7. The van der Waals surface area contributed by atoms with E-state index in [9.17, 15) is 9.59 Å². The molecule has 1 aromatic rings. The monoisotopic (exact) mass is 342 g/mol. The summed E-state index contributed by atoms with van der Waals surface area (Å²) in [5.74, 6) is 1.23. The Bertz CT molecular complexity index is 665. The van der Waals surface area contributed by atoms with Gasteiger partial charge in [0.2, 0.25) is 5.91 Å². The summed E-state index contributed by atoms with van der Waals surface area (Å²) in [7, 11) is 0. The lowest BCUT2D eigenvalue weighted by molar-refractivity contribution is -0.122. The predicted molar refractivity (Wildman–Crippen MR) is 93.2 cm³/mol. The van der Waals surface area contributed by atoms with E-state index in [-0.39, 0.29) is 24.4 Å². The molecule has 1 N–H and O–H groups in total. The van der Waals surface area contributed by atoms with Gasteiger partial charge in [0, 0.05) is 24.7 Å². The van der Waals surface area contributed by atoms with Gasteiger partial charge in [-0.05, 0) is 38.5 Å². The number of carbonyl (C=O) groups is 2. The zero-order chi connectivity index (χ0) is 17.2. The Morgan fingerprint density at radius 2 is 1.96 bits per heavy atom. The molecule has 1 aliphatic heterocycles. The van der Waals surface area contributed by atoms with Crippen LogP contribution < -0.4 is 5.32 Å². The van der Waals surface area contributed by atoms with Crippen molar-refractivity contribution in [3.8, 4) is 0 Å². The maximum absolute atomic E-state index is 12.8. The first-order chi connectivity index (χ1) is 12.2. The molecule has 0 atom stereocenters. The van der Waals surface area contributed by atoms with Crippen molar-refractivity contribution >= 4 is 11.8 Å². The number of aryl methyl sites for hydroxylation is 1. The number of aromatic nitrogens is 2. The molecule has 2 fully saturated rings. The molecule has 0 radical (unpaired) electrons. The molecule has 0 bridgehead atoms. The van der Waals surface area contributed by atoms with Gasteiger partial charge in [-0.2, -0.15) is 0 Å². The number of carbonyl (C=O) groups excluding carboxylic acids is 2. The van der Waals surface area contributed by atoms with Crippen molar-refractivity contribution < 1.29 is 9.59 Å². The van der Waals surface area contributed by atoms with E-state index in [0.717, 1.165) is 50.0 Å². The summed E-state index contributed by atoms with van der Waals surface area (Å²) < 4.78 is 0. The van der Waals surface area contributed by atoms with E-state index in [1.54, 1.807) is 11.1 Å². The SMILES string of the molecule is O=C(CN1CCCc2nc(C3CC3)ncc2C1=O)NC1CCCCC1. The number of nitrogens with zero attached hydrogens (tertiary/aromatic N) is 3. The van der Waals surface area contributed by atoms with Crippen LogP contribution in [0.3, 0.4) is 0 Å². The predicted octanol–water partition coefficient (Wildman–Crippen LogP) is 2.19. The van der Waals surface area contributed by atoms with Gasteiger partial charge >= 0.3 is 0 Å². The standard InChI is InChI=1S/C19H26N4O2/c24-17(21-14-5-2-1-3-6-14)12-23-10-4-7-16-15(19(23)25)11-20-18(22-16)13-8-9-13/h11,13-14H,1-10,12H2,(H,21,24). The summed E-state index contributed by atoms with van der Waals surface area (Å²) in [6.07, 6.45) is 11.3. The molecule has 0 saturated heterocycles. The van der Waals surface area contributed by atoms with Crippen LogP contribution in [0.25, 0.3) is 0 Å². The lowest BCUT2D eigenvalue weighted by Gasteiger charge is -2.25. The second kappa shape index (κ2) is 7.10. The minimum Gasteiger partial charge on any atom is -0.352 e. The zero-order valence-corrected chi connectivity index (χ0v) is 14.7. The van der Waals surface area contributed by atoms with Crippen LogP contribution in [0.4, 0.5) is 0 Å². The number of nitrogens with one attached hydrogen (secondary N) is 1. The number of hydrogen-bond acceptors (Lipinski definition) is 4. The Morgan fingerprint density at radius 1 is 1.16 bits per heavy atom. The Kier molecular flexibility index (Phi) is 4.68. The van der Waals surface area contributed by atoms with Gasteiger partial charge in [-0.3, -0.25) is 9.59 Å². The van der Waals surface area contributed by atoms with Gasteiger partial charge in [0.05, 0.1) is 17.8 Å². The summed E-state index contributed by atoms with van der Waals surface area (Å²) in [5.41, 5.74) is 1.43. The van der Waals surface area contributed by atoms with Crippen LogP contribution in [-0.4, -0.2) is 45.8 Å². The van der Waals surface area contributed by atoms with Crippen molar-refractivity contribution in [1.82, 2.24) is 20.2 Å². The number of amides is 2. The molecule has 0 spiro atoms. The summed E-state index contributed by atoms with van der Waals surface area (Å²) in [5, 5.41) is 3.10. The summed E-state index contributed by atoms with van der Waals surface area (Å²) in [4.78, 5) is 35.9. The van der Waals surface area contributed by atoms with Gasteiger partial charge in [-0.15, -0.1) is 0 Å². The average molecular weight is 342 g/mol. The molecule has 134 valence electrons. The van der Waals surface area contributed by atoms with E-state index < -0.39 is 0 Å². The van der Waals surface area contributed by atoms with Crippen LogP contribution >= 0.6 is 0 Å². The molecule has 6 nitrogen and oxygen atoms in total. The fraction of sp³-hybridized carbons (Fsp3) is 0.684. The minimum absolute atomic E-state index is 0.0424. The van der Waals surface area contributed by atoms with E-state index in [1.165, 1.54) is 19.3 Å². The van der Waals surface area contributed by atoms with E-state index in [4.69, 9.17) is 0 Å². The van der Waals surface area contributed by atoms with Crippen LogP contribution in [0, 0.1) is 0 Å². The van der Waals surface area contributed by atoms with Gasteiger partial charge in [-0.25, -0.2) is 9.97 Å². The smallest absolute Gasteiger partial charge is 0.257 e. The van der Waals surface area contributed by atoms with Gasteiger partial charge in [0.1, 0.15) is 5.82 Å². The highest BCUT2D eigenvalue weighted by Gasteiger charge is 2.30. The van der Waals surface area contributed by atoms with Gasteiger partial charge in [-0.1, -0.05) is 19.3 Å². The quantitative estimate of drug-likeness (QED) is 0.910. The molecule has 3 aliphatic rings. The average Bonchev–Trinajstić information content (AvgIpc) is 3.46. The maximum Gasteiger partial charge on any atom is 0.257 e. The van der Waals surface area contributed by atoms with E-state index >= 15 is 0 Å². The van der Waals surface area contributed by atoms with Crippen LogP contribution in [-0.2, 0) is 11.2 Å². The minimum atomic E-state index is -0.103. The summed E-state index contributed by atoms with van der Waals surface area (Å²) in [6, 6.07) is 0.278. The Hall–Kier alpha value is -1.98. The van der Waals surface area contributed by atoms with Crippen molar-refractivity contribution in [2.45, 2.75) is 69.7 Å². The Morgan fingerprint density at radius 3 is 2.72 bits per heavy atom. The summed E-state index contributed by atoms with van der Waals surface area (Å²) >= 11 is 0. The molecule has 0 unspecified atom stereocenters. The molecular formula is C19H26N4O2. The van der Waals surface area contributed by atoms with Crippen LogP contribution in [0.2, 0.25) is 0 Å². The first kappa shape index (κ1) is 16.5. The molecule has 2 saturated carbocycles. The molecule has 2 heterocycles. The highest BCUT2D eigenvalue weighted by atomic mass is 16.2. The molecule has 25 heavy (non-hydrogen) atoms. The number of fused-ring (bicyclic) bond motifs is 1. The molecular weight excluding hydrogens is 316 g/mol. The van der Waals surface area contributed by atoms with Gasteiger partial charge in [0.25, 0.3) is 5.91 Å². The van der Waals surface area contributed by atoms with Crippen LogP contribution in [0.1, 0.15) is 79.2 Å². The third-order valence-corrected chi connectivity index (χ3v) is 5.49. The fourth-order valence-corrected chi connectivity index (χ4v) is 3.89. The van der Waals surface area contributed by atoms with Crippen molar-refractivity contribution in [2.24, 2.45) is 0 Å². The van der Waals surface area contributed by atoms with E-state index in [1.807, 2.05) is 0 Å². The lowest BCUT2D eigenvalue weighted by atomic mass is 9.95. The third-order valence-electron chi connectivity index (χ3n) is 5.49. The first-order valence-electron chi connectivity index (χ1n) is 9.65. The normalized spacial score (nSPS) is 21.6. The molecule has 2 aliphatic carbocycles. The van der Waals surface area contributed by atoms with Crippen LogP contribution in [0.5, 0.6) is 0 Å². The third kappa shape index (κ3) is 3.83. The van der Waals surface area contributed by atoms with E-state index in [0.29, 0.717) is 18.0 Å². The van der Waals surface area contributed by atoms with Crippen molar-refractivity contribution in [1.29, 1.82) is 0 Å². The van der Waals surface area contributed by atoms with E-state index in [2.05, 4.69) is 15.3 Å². The second-order valence-corrected chi connectivity index (χ2v) is 7.60. The fourth-order valence-electron chi connectivity index (χ4n) is 3.89. The molecule has 4 rings (SSSR count). The van der Waals surface area contributed by atoms with Crippen LogP contribution in [0.15, 0.2) is 6.20 Å². The molecule has 1 aromatic heterocycles. The lowest BCUT2D eigenvalue weighted by Crippen LogP contribution is -2.44. The Balaban J connectivity index is 1.42. The van der Waals surface area contributed by atoms with Crippen molar-refractivity contribution in [3.63, 3.8) is 0 Å². The molecule has 2 amide bonds. The Labute approximate surface area is 148 Å². The summed E-state index contributed by atoms with van der Waals surface area (Å²) in [6.45, 7) is 0.741. The number of hydrogen-bond donors (Lipinski definition) is 1. The highest BCUT2D eigenvalue weighted by molar-refractivity contribution is 5.97. The topological polar surface area (TPSA) is 75.2 Å². The molecule has 6 heteroatoms. The second-order valence-electron chi connectivity index (χ2n) is 7.60. The van der Waals surface area contributed by atoms with Gasteiger partial charge < -0.3 is 10.2 Å². The highest BCUT2D eigenvalue weighted by Crippen LogP contribution is 2.38. The number of rotatable bonds is 4. The van der Waals surface area contributed by atoms with Crippen molar-refractivity contribution in [2.75, 3.05) is 13.1 Å². The van der Waals surface area contributed by atoms with Gasteiger partial charge in [0.15, 0.2) is 0 Å². The maximum atomic E-state index is 12.8.